The molecule has 0 aromatic heterocycles. The van der Waals surface area contributed by atoms with Gasteiger partial charge in [0.1, 0.15) is 11.5 Å². The predicted molar refractivity (Wildman–Crippen MR) is 72.0 cm³/mol. The molecule has 0 atom stereocenters. The van der Waals surface area contributed by atoms with Crippen molar-refractivity contribution in [1.82, 2.24) is 4.90 Å². The Morgan fingerprint density at radius 1 is 1.35 bits per heavy atom. The van der Waals surface area contributed by atoms with E-state index in [1.807, 2.05) is 0 Å². The van der Waals surface area contributed by atoms with Crippen LogP contribution in [0.4, 0.5) is 15.8 Å². The molecule has 1 aromatic carbocycles. The standard InChI is InChI=1S/C13H16FN3O3/c14-10-4-5-12(17(19)20)11(8-10)15-9-13(18)16-6-2-1-3-7-16/h4-5,8,15H,1-3,6-7,9H2. The number of halogens is 1. The van der Waals surface area contributed by atoms with Crippen LogP contribution >= 0.6 is 0 Å². The minimum absolute atomic E-state index is 0.0281. The van der Waals surface area contributed by atoms with Crippen LogP contribution in [0.5, 0.6) is 0 Å². The number of nitrogens with one attached hydrogen (secondary N) is 1. The van der Waals surface area contributed by atoms with E-state index in [4.69, 9.17) is 0 Å². The van der Waals surface area contributed by atoms with Gasteiger partial charge in [-0.05, 0) is 25.3 Å². The SMILES string of the molecule is O=C(CNc1cc(F)ccc1[N+](=O)[O-])N1CCCCC1. The molecule has 6 nitrogen and oxygen atoms in total. The smallest absolute Gasteiger partial charge is 0.292 e. The number of nitrogens with zero attached hydrogens (tertiary/aromatic N) is 2. The van der Waals surface area contributed by atoms with Gasteiger partial charge in [-0.3, -0.25) is 14.9 Å². The van der Waals surface area contributed by atoms with E-state index >= 15 is 0 Å². The number of hydrogen-bond donors (Lipinski definition) is 1. The predicted octanol–water partition coefficient (Wildman–Crippen LogP) is 2.16. The van der Waals surface area contributed by atoms with Gasteiger partial charge in [0.2, 0.25) is 5.91 Å². The Bertz CT molecular complexity index is 516. The van der Waals surface area contributed by atoms with Crippen molar-refractivity contribution in [2.24, 2.45) is 0 Å². The molecule has 0 unspecified atom stereocenters. The highest BCUT2D eigenvalue weighted by molar-refractivity contribution is 5.81. The lowest BCUT2D eigenvalue weighted by Gasteiger charge is -2.26. The molecule has 1 aliphatic rings. The zero-order chi connectivity index (χ0) is 14.5. The second-order valence-corrected chi connectivity index (χ2v) is 4.71. The molecule has 0 aliphatic carbocycles. The molecule has 1 fully saturated rings. The summed E-state index contributed by atoms with van der Waals surface area (Å²) < 4.78 is 13.1. The number of carbonyl (C=O) groups excluding carboxylic acids is 1. The summed E-state index contributed by atoms with van der Waals surface area (Å²) in [5.74, 6) is -0.702. The molecule has 0 bridgehead atoms. The third-order valence-electron chi connectivity index (χ3n) is 3.29. The van der Waals surface area contributed by atoms with Crippen molar-refractivity contribution in [1.29, 1.82) is 0 Å². The van der Waals surface area contributed by atoms with E-state index in [1.54, 1.807) is 4.90 Å². The van der Waals surface area contributed by atoms with Crippen LogP contribution in [0, 0.1) is 15.9 Å². The molecule has 1 N–H and O–H groups in total. The molecule has 2 rings (SSSR count). The van der Waals surface area contributed by atoms with Gasteiger partial charge in [-0.2, -0.15) is 0 Å². The number of benzene rings is 1. The number of likely N-dealkylation sites (tertiary alicyclic amines) is 1. The number of rotatable bonds is 4. The Kier molecular flexibility index (Phi) is 4.49. The van der Waals surface area contributed by atoms with Crippen LogP contribution in [0.25, 0.3) is 0 Å². The number of nitro benzene ring substituents is 1. The summed E-state index contributed by atoms with van der Waals surface area (Å²) in [4.78, 5) is 23.9. The average molecular weight is 281 g/mol. The molecule has 0 spiro atoms. The molecule has 0 saturated carbocycles. The maximum absolute atomic E-state index is 13.1. The van der Waals surface area contributed by atoms with Gasteiger partial charge in [0, 0.05) is 25.2 Å². The second kappa shape index (κ2) is 6.31. The van der Waals surface area contributed by atoms with Crippen molar-refractivity contribution in [2.45, 2.75) is 19.3 Å². The van der Waals surface area contributed by atoms with Crippen molar-refractivity contribution in [2.75, 3.05) is 25.0 Å². The first kappa shape index (κ1) is 14.2. The molecule has 1 heterocycles. The van der Waals surface area contributed by atoms with Crippen molar-refractivity contribution >= 4 is 17.3 Å². The summed E-state index contributed by atoms with van der Waals surface area (Å²) in [6.45, 7) is 1.36. The monoisotopic (exact) mass is 281 g/mol. The molecular formula is C13H16FN3O3. The number of carbonyl (C=O) groups is 1. The van der Waals surface area contributed by atoms with Gasteiger partial charge in [-0.1, -0.05) is 0 Å². The van der Waals surface area contributed by atoms with Crippen molar-refractivity contribution in [3.8, 4) is 0 Å². The van der Waals surface area contributed by atoms with Crippen molar-refractivity contribution in [3.05, 3.63) is 34.1 Å². The number of hydrogen-bond acceptors (Lipinski definition) is 4. The Morgan fingerprint density at radius 2 is 2.05 bits per heavy atom. The highest BCUT2D eigenvalue weighted by Crippen LogP contribution is 2.24. The minimum Gasteiger partial charge on any atom is -0.370 e. The Morgan fingerprint density at radius 3 is 2.70 bits per heavy atom. The van der Waals surface area contributed by atoms with Crippen molar-refractivity contribution < 1.29 is 14.1 Å². The zero-order valence-corrected chi connectivity index (χ0v) is 11.0. The molecule has 1 aromatic rings. The fraction of sp³-hybridized carbons (Fsp3) is 0.462. The zero-order valence-electron chi connectivity index (χ0n) is 11.0. The Balaban J connectivity index is 2.01. The lowest BCUT2D eigenvalue weighted by Crippen LogP contribution is -2.39. The molecule has 7 heteroatoms. The second-order valence-electron chi connectivity index (χ2n) is 4.71. The van der Waals surface area contributed by atoms with Gasteiger partial charge in [0.15, 0.2) is 0 Å². The Hall–Kier alpha value is -2.18. The van der Waals surface area contributed by atoms with Crippen LogP contribution in [0.15, 0.2) is 18.2 Å². The summed E-state index contributed by atoms with van der Waals surface area (Å²) in [6, 6.07) is 3.14. The van der Waals surface area contributed by atoms with Gasteiger partial charge in [-0.15, -0.1) is 0 Å². The van der Waals surface area contributed by atoms with Gasteiger partial charge in [-0.25, -0.2) is 4.39 Å². The van der Waals surface area contributed by atoms with Crippen LogP contribution in [-0.4, -0.2) is 35.4 Å². The summed E-state index contributed by atoms with van der Waals surface area (Å²) in [5, 5.41) is 13.5. The Labute approximate surface area is 115 Å². The lowest BCUT2D eigenvalue weighted by atomic mass is 10.1. The first-order valence-corrected chi connectivity index (χ1v) is 6.53. The summed E-state index contributed by atoms with van der Waals surface area (Å²) >= 11 is 0. The first-order valence-electron chi connectivity index (χ1n) is 6.53. The third kappa shape index (κ3) is 3.43. The van der Waals surface area contributed by atoms with E-state index in [0.29, 0.717) is 13.1 Å². The van der Waals surface area contributed by atoms with Crippen LogP contribution in [0.3, 0.4) is 0 Å². The number of amides is 1. The maximum atomic E-state index is 13.1. The lowest BCUT2D eigenvalue weighted by molar-refractivity contribution is -0.384. The van der Waals surface area contributed by atoms with E-state index in [1.165, 1.54) is 0 Å². The van der Waals surface area contributed by atoms with Gasteiger partial charge < -0.3 is 10.2 Å². The quantitative estimate of drug-likeness (QED) is 0.678. The van der Waals surface area contributed by atoms with Gasteiger partial charge >= 0.3 is 0 Å². The van der Waals surface area contributed by atoms with E-state index < -0.39 is 10.7 Å². The summed E-state index contributed by atoms with van der Waals surface area (Å²) in [7, 11) is 0. The van der Waals surface area contributed by atoms with Gasteiger partial charge in [0.05, 0.1) is 11.5 Å². The van der Waals surface area contributed by atoms with E-state index in [0.717, 1.165) is 37.5 Å². The molecule has 1 amide bonds. The van der Waals surface area contributed by atoms with E-state index in [2.05, 4.69) is 5.32 Å². The summed E-state index contributed by atoms with van der Waals surface area (Å²) in [5.41, 5.74) is -0.210. The van der Waals surface area contributed by atoms with E-state index in [9.17, 15) is 19.3 Å². The third-order valence-corrected chi connectivity index (χ3v) is 3.29. The fourth-order valence-electron chi connectivity index (χ4n) is 2.24. The molecular weight excluding hydrogens is 265 g/mol. The number of anilines is 1. The largest absolute Gasteiger partial charge is 0.370 e. The fourth-order valence-corrected chi connectivity index (χ4v) is 2.24. The van der Waals surface area contributed by atoms with Crippen molar-refractivity contribution in [3.63, 3.8) is 0 Å². The van der Waals surface area contributed by atoms with Crippen LogP contribution in [0.2, 0.25) is 0 Å². The molecule has 1 aliphatic heterocycles. The average Bonchev–Trinajstić information content (AvgIpc) is 2.45. The molecule has 1 saturated heterocycles. The van der Waals surface area contributed by atoms with Crippen LogP contribution in [-0.2, 0) is 4.79 Å². The number of nitro groups is 1. The highest BCUT2D eigenvalue weighted by Gasteiger charge is 2.19. The van der Waals surface area contributed by atoms with Crippen LogP contribution < -0.4 is 5.32 Å². The van der Waals surface area contributed by atoms with Gasteiger partial charge in [0.25, 0.3) is 5.69 Å². The molecule has 20 heavy (non-hydrogen) atoms. The minimum atomic E-state index is -0.604. The normalized spacial score (nSPS) is 14.9. The first-order chi connectivity index (χ1) is 9.58. The van der Waals surface area contributed by atoms with E-state index in [-0.39, 0.29) is 23.8 Å². The maximum Gasteiger partial charge on any atom is 0.292 e. The van der Waals surface area contributed by atoms with Crippen LogP contribution in [0.1, 0.15) is 19.3 Å². The molecule has 0 radical (unpaired) electrons. The summed E-state index contributed by atoms with van der Waals surface area (Å²) in [6.07, 6.45) is 3.07. The topological polar surface area (TPSA) is 75.5 Å². The molecule has 108 valence electrons. The number of piperidine rings is 1. The highest BCUT2D eigenvalue weighted by atomic mass is 19.1.